The lowest BCUT2D eigenvalue weighted by Gasteiger charge is -2.29. The molecule has 0 saturated heterocycles. The van der Waals surface area contributed by atoms with E-state index in [-0.39, 0.29) is 21.7 Å². The molecule has 308 valence electrons. The van der Waals surface area contributed by atoms with E-state index in [1.165, 1.54) is 66.8 Å². The molecule has 1 aliphatic heterocycles. The van der Waals surface area contributed by atoms with Crippen molar-refractivity contribution in [2.45, 2.75) is 143 Å². The summed E-state index contributed by atoms with van der Waals surface area (Å²) in [5.41, 5.74) is 14.4. The second-order valence-electron chi connectivity index (χ2n) is 20.8. The summed E-state index contributed by atoms with van der Waals surface area (Å²) in [7, 11) is 3.68. The highest BCUT2D eigenvalue weighted by molar-refractivity contribution is 5.60. The summed E-state index contributed by atoms with van der Waals surface area (Å²) in [4.78, 5) is 0. The molecule has 0 saturated carbocycles. The Hall–Kier alpha value is -3.96. The van der Waals surface area contributed by atoms with Gasteiger partial charge in [0.1, 0.15) is 23.0 Å². The van der Waals surface area contributed by atoms with Crippen molar-refractivity contribution in [2.24, 2.45) is 0 Å². The van der Waals surface area contributed by atoms with Crippen LogP contribution in [0.15, 0.2) is 48.5 Å². The molecule has 4 aromatic rings. The van der Waals surface area contributed by atoms with Gasteiger partial charge in [-0.25, -0.2) is 0 Å². The molecule has 5 heteroatoms. The zero-order valence-electron chi connectivity index (χ0n) is 37.8. The molecular weight excluding hydrogens is 703 g/mol. The number of nitrogens with one attached hydrogen (secondary N) is 1. The lowest BCUT2D eigenvalue weighted by atomic mass is 9.79. The first-order chi connectivity index (χ1) is 26.7. The summed E-state index contributed by atoms with van der Waals surface area (Å²) in [6.07, 6.45) is 4.56. The summed E-state index contributed by atoms with van der Waals surface area (Å²) >= 11 is 0. The van der Waals surface area contributed by atoms with Crippen molar-refractivity contribution in [3.63, 3.8) is 0 Å². The van der Waals surface area contributed by atoms with Crippen molar-refractivity contribution < 1.29 is 18.9 Å². The van der Waals surface area contributed by atoms with Crippen LogP contribution in [0.2, 0.25) is 0 Å². The minimum atomic E-state index is -0.0740. The van der Waals surface area contributed by atoms with Crippen LogP contribution in [-0.4, -0.2) is 40.5 Å². The predicted molar refractivity (Wildman–Crippen MR) is 238 cm³/mol. The van der Waals surface area contributed by atoms with Gasteiger partial charge in [-0.1, -0.05) is 132 Å². The average molecular weight is 774 g/mol. The van der Waals surface area contributed by atoms with E-state index in [2.05, 4.69) is 137 Å². The molecule has 0 aromatic heterocycles. The minimum Gasteiger partial charge on any atom is -0.496 e. The fourth-order valence-electron chi connectivity index (χ4n) is 8.38. The van der Waals surface area contributed by atoms with Crippen molar-refractivity contribution in [3.8, 4) is 23.0 Å². The number of ether oxygens (including phenoxy) is 4. The molecule has 6 rings (SSSR count). The Balaban J connectivity index is 1.79. The third-order valence-corrected chi connectivity index (χ3v) is 11.9. The zero-order valence-corrected chi connectivity index (χ0v) is 37.8. The smallest absolute Gasteiger partial charge is 0.126 e. The first-order valence-electron chi connectivity index (χ1n) is 21.4. The van der Waals surface area contributed by atoms with Gasteiger partial charge in [0.05, 0.1) is 27.4 Å². The first kappa shape index (κ1) is 42.6. The number of rotatable bonds is 2. The Morgan fingerprint density at radius 3 is 0.877 bits per heavy atom. The highest BCUT2D eigenvalue weighted by Crippen LogP contribution is 2.44. The standard InChI is InChI=1S/C52H71NO4/c1-49(2,3)41-25-33-21-37-29-43(51(7,8)9)31-39-23-35-27-42(50(4,5)6)28-36(46(35)55-14)24-40-32-44(52(10,11)12)30-38(22-34(26-41)45(33)54-13)48(40)57-20-16-18-53-17-15-19-56-47(37)39/h25-32,53H,15-24H2,1-14H3. The van der Waals surface area contributed by atoms with E-state index in [0.717, 1.165) is 48.9 Å². The summed E-state index contributed by atoms with van der Waals surface area (Å²) in [5, 5.41) is 3.66. The van der Waals surface area contributed by atoms with E-state index in [0.29, 0.717) is 38.9 Å². The molecule has 0 radical (unpaired) electrons. The van der Waals surface area contributed by atoms with Gasteiger partial charge in [-0.15, -0.1) is 0 Å². The molecule has 1 N–H and O–H groups in total. The SMILES string of the molecule is COc1c2cc(C(C)(C)C)cc1Cc1cc(C(C)(C)C)cc3c1OCCCNCCCOc1c(cc(C(C)(C)C)cc1Cc1cc(C(C)(C)C)cc(c1OC)C3)C2. The number of methoxy groups -OCH3 is 2. The summed E-state index contributed by atoms with van der Waals surface area (Å²) in [5.74, 6) is 3.87. The maximum absolute atomic E-state index is 7.02. The van der Waals surface area contributed by atoms with Gasteiger partial charge < -0.3 is 24.3 Å². The summed E-state index contributed by atoms with van der Waals surface area (Å²) in [6, 6.07) is 19.2. The molecule has 1 heterocycles. The van der Waals surface area contributed by atoms with Crippen molar-refractivity contribution in [1.29, 1.82) is 0 Å². The van der Waals surface area contributed by atoms with Gasteiger partial charge in [0.2, 0.25) is 0 Å². The molecule has 0 fully saturated rings. The number of benzene rings is 4. The molecule has 1 aliphatic carbocycles. The third-order valence-electron chi connectivity index (χ3n) is 11.9. The number of fused-ring (bicyclic) bond motifs is 2. The van der Waals surface area contributed by atoms with Gasteiger partial charge in [-0.05, 0) is 114 Å². The average Bonchev–Trinajstić information content (AvgIpc) is 3.09. The predicted octanol–water partition coefficient (Wildman–Crippen LogP) is 11.7. The van der Waals surface area contributed by atoms with Crippen molar-refractivity contribution in [2.75, 3.05) is 40.5 Å². The van der Waals surface area contributed by atoms with E-state index in [4.69, 9.17) is 18.9 Å². The van der Waals surface area contributed by atoms with Crippen molar-refractivity contribution >= 4 is 0 Å². The van der Waals surface area contributed by atoms with Gasteiger partial charge in [0, 0.05) is 25.7 Å². The van der Waals surface area contributed by atoms with Crippen LogP contribution < -0.4 is 24.3 Å². The molecule has 2 aliphatic rings. The van der Waals surface area contributed by atoms with Crippen LogP contribution in [0.4, 0.5) is 0 Å². The third kappa shape index (κ3) is 9.68. The van der Waals surface area contributed by atoms with E-state index in [9.17, 15) is 0 Å². The second-order valence-corrected chi connectivity index (χ2v) is 20.8. The molecular formula is C52H71NO4. The maximum atomic E-state index is 7.02. The summed E-state index contributed by atoms with van der Waals surface area (Å²) < 4.78 is 27.0. The molecule has 10 bridgehead atoms. The molecule has 0 atom stereocenters. The van der Waals surface area contributed by atoms with Crippen LogP contribution in [0.5, 0.6) is 23.0 Å². The Kier molecular flexibility index (Phi) is 12.2. The van der Waals surface area contributed by atoms with Crippen LogP contribution in [0.25, 0.3) is 0 Å². The van der Waals surface area contributed by atoms with Gasteiger partial charge in [-0.2, -0.15) is 0 Å². The summed E-state index contributed by atoms with van der Waals surface area (Å²) in [6.45, 7) is 30.8. The highest BCUT2D eigenvalue weighted by atomic mass is 16.5. The van der Waals surface area contributed by atoms with E-state index in [1.54, 1.807) is 0 Å². The topological polar surface area (TPSA) is 49.0 Å². The lowest BCUT2D eigenvalue weighted by Crippen LogP contribution is -2.21. The van der Waals surface area contributed by atoms with Crippen molar-refractivity contribution in [1.82, 2.24) is 5.32 Å². The van der Waals surface area contributed by atoms with E-state index >= 15 is 0 Å². The molecule has 57 heavy (non-hydrogen) atoms. The molecule has 0 spiro atoms. The van der Waals surface area contributed by atoms with E-state index < -0.39 is 0 Å². The largest absolute Gasteiger partial charge is 0.496 e. The van der Waals surface area contributed by atoms with Crippen LogP contribution in [0.3, 0.4) is 0 Å². The highest BCUT2D eigenvalue weighted by Gasteiger charge is 2.29. The molecule has 0 unspecified atom stereocenters. The zero-order chi connectivity index (χ0) is 41.5. The van der Waals surface area contributed by atoms with Gasteiger partial charge in [0.15, 0.2) is 0 Å². The fourth-order valence-corrected chi connectivity index (χ4v) is 8.38. The van der Waals surface area contributed by atoms with Gasteiger partial charge >= 0.3 is 0 Å². The Morgan fingerprint density at radius 2 is 0.649 bits per heavy atom. The Labute approximate surface area is 345 Å². The molecule has 4 aromatic carbocycles. The van der Waals surface area contributed by atoms with Crippen LogP contribution in [0.1, 0.15) is 163 Å². The monoisotopic (exact) mass is 774 g/mol. The van der Waals surface area contributed by atoms with Crippen LogP contribution >= 0.6 is 0 Å². The van der Waals surface area contributed by atoms with Gasteiger partial charge in [-0.3, -0.25) is 0 Å². The Bertz CT molecular complexity index is 1830. The quantitative estimate of drug-likeness (QED) is 0.194. The first-order valence-corrected chi connectivity index (χ1v) is 21.4. The van der Waals surface area contributed by atoms with Crippen molar-refractivity contribution in [3.05, 3.63) is 115 Å². The van der Waals surface area contributed by atoms with Gasteiger partial charge in [0.25, 0.3) is 0 Å². The normalized spacial score (nSPS) is 15.8. The number of hydrogen-bond acceptors (Lipinski definition) is 5. The fraction of sp³-hybridized carbons (Fsp3) is 0.538. The maximum Gasteiger partial charge on any atom is 0.126 e. The Morgan fingerprint density at radius 1 is 0.404 bits per heavy atom. The second kappa shape index (κ2) is 16.4. The van der Waals surface area contributed by atoms with Crippen LogP contribution in [0, 0.1) is 0 Å². The molecule has 5 nitrogen and oxygen atoms in total. The number of hydrogen-bond donors (Lipinski definition) is 1. The lowest BCUT2D eigenvalue weighted by molar-refractivity contribution is 0.292. The minimum absolute atomic E-state index is 0.0693. The van der Waals surface area contributed by atoms with Crippen LogP contribution in [-0.2, 0) is 47.3 Å². The molecule has 0 amide bonds. The van der Waals surface area contributed by atoms with E-state index in [1.807, 2.05) is 14.2 Å².